The van der Waals surface area contributed by atoms with Crippen molar-refractivity contribution in [2.75, 3.05) is 6.61 Å². The third-order valence-corrected chi connectivity index (χ3v) is 3.30. The summed E-state index contributed by atoms with van der Waals surface area (Å²) >= 11 is 0. The first kappa shape index (κ1) is 14.9. The van der Waals surface area contributed by atoms with Crippen LogP contribution in [-0.4, -0.2) is 17.1 Å². The zero-order chi connectivity index (χ0) is 15.2. The molecule has 1 heterocycles. The average molecular weight is 282 g/mol. The molecule has 21 heavy (non-hydrogen) atoms. The van der Waals surface area contributed by atoms with Gasteiger partial charge in [0.2, 0.25) is 0 Å². The Morgan fingerprint density at radius 2 is 2.19 bits per heavy atom. The Bertz CT molecular complexity index is 720. The highest BCUT2D eigenvalue weighted by Gasteiger charge is 2.12. The van der Waals surface area contributed by atoms with Crippen LogP contribution >= 0.6 is 0 Å². The fourth-order valence-corrected chi connectivity index (χ4v) is 2.17. The topological polar surface area (TPSA) is 55.0 Å². The van der Waals surface area contributed by atoms with Gasteiger partial charge in [0, 0.05) is 29.7 Å². The third kappa shape index (κ3) is 3.32. The van der Waals surface area contributed by atoms with Crippen LogP contribution < -0.4 is 0 Å². The van der Waals surface area contributed by atoms with Crippen LogP contribution in [0.1, 0.15) is 25.3 Å². The Balaban J connectivity index is 2.30. The highest BCUT2D eigenvalue weighted by Crippen LogP contribution is 2.22. The van der Waals surface area contributed by atoms with E-state index in [1.54, 1.807) is 6.08 Å². The number of hydrogen-bond donors (Lipinski definition) is 0. The quantitative estimate of drug-likeness (QED) is 0.365. The van der Waals surface area contributed by atoms with Crippen molar-refractivity contribution in [3.05, 3.63) is 41.6 Å². The van der Waals surface area contributed by atoms with Crippen LogP contribution in [-0.2, 0) is 16.6 Å². The maximum absolute atomic E-state index is 11.9. The zero-order valence-electron chi connectivity index (χ0n) is 12.3. The van der Waals surface area contributed by atoms with E-state index in [1.807, 2.05) is 55.1 Å². The predicted octanol–water partition coefficient (Wildman–Crippen LogP) is 3.43. The molecule has 0 fully saturated rings. The number of fused-ring (bicyclic) bond motifs is 1. The maximum Gasteiger partial charge on any atom is 0.348 e. The molecule has 0 atom stereocenters. The van der Waals surface area contributed by atoms with Gasteiger partial charge in [0.15, 0.2) is 0 Å². The van der Waals surface area contributed by atoms with Crippen molar-refractivity contribution >= 4 is 22.9 Å². The normalized spacial score (nSPS) is 11.4. The largest absolute Gasteiger partial charge is 0.462 e. The molecule has 2 rings (SSSR count). The zero-order valence-corrected chi connectivity index (χ0v) is 12.3. The summed E-state index contributed by atoms with van der Waals surface area (Å²) in [5.74, 6) is -0.557. The predicted molar refractivity (Wildman–Crippen MR) is 82.4 cm³/mol. The van der Waals surface area contributed by atoms with Gasteiger partial charge in [-0.05, 0) is 18.6 Å². The van der Waals surface area contributed by atoms with Crippen LogP contribution in [0.3, 0.4) is 0 Å². The van der Waals surface area contributed by atoms with Gasteiger partial charge in [-0.25, -0.2) is 4.79 Å². The molecule has 0 radical (unpaired) electrons. The number of ether oxygens (including phenoxy) is 1. The summed E-state index contributed by atoms with van der Waals surface area (Å²) in [5.41, 5.74) is 1.93. The Hall–Kier alpha value is -2.54. The van der Waals surface area contributed by atoms with E-state index in [0.717, 1.165) is 29.3 Å². The number of benzene rings is 1. The molecule has 4 heteroatoms. The van der Waals surface area contributed by atoms with Crippen LogP contribution in [0.15, 0.2) is 36.0 Å². The molecule has 1 aromatic heterocycles. The van der Waals surface area contributed by atoms with E-state index in [2.05, 4.69) is 0 Å². The van der Waals surface area contributed by atoms with Gasteiger partial charge >= 0.3 is 5.97 Å². The molecule has 0 aliphatic heterocycles. The van der Waals surface area contributed by atoms with Gasteiger partial charge in [0.25, 0.3) is 0 Å². The van der Waals surface area contributed by atoms with E-state index < -0.39 is 5.97 Å². The molecule has 0 spiro atoms. The van der Waals surface area contributed by atoms with Gasteiger partial charge in [-0.3, -0.25) is 0 Å². The van der Waals surface area contributed by atoms with Crippen LogP contribution in [0, 0.1) is 11.3 Å². The smallest absolute Gasteiger partial charge is 0.348 e. The van der Waals surface area contributed by atoms with E-state index in [4.69, 9.17) is 10.00 Å². The number of hydrogen-bond acceptors (Lipinski definition) is 3. The minimum absolute atomic E-state index is 0.0301. The molecule has 108 valence electrons. The number of aromatic nitrogens is 1. The molecule has 4 nitrogen and oxygen atoms in total. The Morgan fingerprint density at radius 3 is 2.90 bits per heavy atom. The van der Waals surface area contributed by atoms with Crippen LogP contribution in [0.2, 0.25) is 0 Å². The van der Waals surface area contributed by atoms with E-state index in [0.29, 0.717) is 6.61 Å². The lowest BCUT2D eigenvalue weighted by atomic mass is 10.1. The van der Waals surface area contributed by atoms with E-state index >= 15 is 0 Å². The Kier molecular flexibility index (Phi) is 4.78. The summed E-state index contributed by atoms with van der Waals surface area (Å²) in [5, 5.41) is 10.2. The van der Waals surface area contributed by atoms with E-state index in [9.17, 15) is 4.79 Å². The van der Waals surface area contributed by atoms with Crippen molar-refractivity contribution in [1.82, 2.24) is 4.57 Å². The summed E-state index contributed by atoms with van der Waals surface area (Å²) < 4.78 is 7.06. The van der Waals surface area contributed by atoms with Crippen molar-refractivity contribution in [1.29, 1.82) is 5.26 Å². The number of unbranched alkanes of at least 4 members (excludes halogenated alkanes) is 1. The first-order valence-electron chi connectivity index (χ1n) is 7.00. The first-order chi connectivity index (χ1) is 10.2. The van der Waals surface area contributed by atoms with Crippen LogP contribution in [0.5, 0.6) is 0 Å². The molecule has 0 saturated heterocycles. The second kappa shape index (κ2) is 6.76. The monoisotopic (exact) mass is 282 g/mol. The lowest BCUT2D eigenvalue weighted by Gasteiger charge is -2.02. The summed E-state index contributed by atoms with van der Waals surface area (Å²) in [6.07, 6.45) is 5.25. The van der Waals surface area contributed by atoms with Gasteiger partial charge in [0.1, 0.15) is 11.6 Å². The molecule has 1 aromatic carbocycles. The van der Waals surface area contributed by atoms with Gasteiger partial charge in [-0.15, -0.1) is 0 Å². The molecular weight excluding hydrogens is 264 g/mol. The van der Waals surface area contributed by atoms with Crippen molar-refractivity contribution in [3.63, 3.8) is 0 Å². The summed E-state index contributed by atoms with van der Waals surface area (Å²) in [6, 6.07) is 9.79. The van der Waals surface area contributed by atoms with Gasteiger partial charge < -0.3 is 9.30 Å². The van der Waals surface area contributed by atoms with Crippen molar-refractivity contribution in [2.24, 2.45) is 7.05 Å². The van der Waals surface area contributed by atoms with Crippen LogP contribution in [0.25, 0.3) is 17.0 Å². The molecule has 0 amide bonds. The third-order valence-electron chi connectivity index (χ3n) is 3.30. The second-order valence-corrected chi connectivity index (χ2v) is 4.87. The van der Waals surface area contributed by atoms with E-state index in [1.165, 1.54) is 0 Å². The number of rotatable bonds is 5. The molecule has 0 aliphatic rings. The molecule has 2 aromatic rings. The fourth-order valence-electron chi connectivity index (χ4n) is 2.17. The van der Waals surface area contributed by atoms with Gasteiger partial charge in [-0.1, -0.05) is 31.5 Å². The number of aryl methyl sites for hydroxylation is 1. The number of carbonyl (C=O) groups excluding carboxylic acids is 1. The SMILES string of the molecule is CCCCOC(=O)/C(C#N)=C/c1cn(C)c2ccccc12. The van der Waals surface area contributed by atoms with Gasteiger partial charge in [0.05, 0.1) is 6.61 Å². The van der Waals surface area contributed by atoms with Crippen molar-refractivity contribution in [3.8, 4) is 6.07 Å². The standard InChI is InChI=1S/C17H18N2O2/c1-3-4-9-21-17(20)13(11-18)10-14-12-19(2)16-8-6-5-7-15(14)16/h5-8,10,12H,3-4,9H2,1-2H3/b13-10+. The molecule has 0 saturated carbocycles. The number of para-hydroxylation sites is 1. The second-order valence-electron chi connectivity index (χ2n) is 4.87. The lowest BCUT2D eigenvalue weighted by molar-refractivity contribution is -0.138. The summed E-state index contributed by atoms with van der Waals surface area (Å²) in [7, 11) is 1.94. The summed E-state index contributed by atoms with van der Waals surface area (Å²) in [4.78, 5) is 11.9. The minimum atomic E-state index is -0.557. The van der Waals surface area contributed by atoms with Gasteiger partial charge in [-0.2, -0.15) is 5.26 Å². The van der Waals surface area contributed by atoms with Crippen LogP contribution in [0.4, 0.5) is 0 Å². The number of nitrogens with zero attached hydrogens (tertiary/aromatic N) is 2. The lowest BCUT2D eigenvalue weighted by Crippen LogP contribution is -2.07. The van der Waals surface area contributed by atoms with Crippen molar-refractivity contribution < 1.29 is 9.53 Å². The van der Waals surface area contributed by atoms with Crippen molar-refractivity contribution in [2.45, 2.75) is 19.8 Å². The minimum Gasteiger partial charge on any atom is -0.462 e. The number of carbonyl (C=O) groups is 1. The molecule has 0 bridgehead atoms. The number of esters is 1. The highest BCUT2D eigenvalue weighted by molar-refractivity contribution is 6.01. The van der Waals surface area contributed by atoms with E-state index in [-0.39, 0.29) is 5.57 Å². The average Bonchev–Trinajstić information content (AvgIpc) is 2.82. The molecule has 0 aliphatic carbocycles. The summed E-state index contributed by atoms with van der Waals surface area (Å²) in [6.45, 7) is 2.37. The molecule has 0 N–H and O–H groups in total. The molecular formula is C17H18N2O2. The Morgan fingerprint density at radius 1 is 1.43 bits per heavy atom. The highest BCUT2D eigenvalue weighted by atomic mass is 16.5. The first-order valence-corrected chi connectivity index (χ1v) is 7.00. The number of nitriles is 1. The maximum atomic E-state index is 11.9. The Labute approximate surface area is 124 Å². The molecule has 0 unspecified atom stereocenters. The fraction of sp³-hybridized carbons (Fsp3) is 0.294.